The van der Waals surface area contributed by atoms with E-state index >= 15 is 0 Å². The molecule has 23 heavy (non-hydrogen) atoms. The number of carbonyl (C=O) groups is 1. The molecule has 1 aliphatic heterocycles. The van der Waals surface area contributed by atoms with Crippen molar-refractivity contribution in [1.82, 2.24) is 0 Å². The number of rotatable bonds is 4. The lowest BCUT2D eigenvalue weighted by atomic mass is 9.65. The minimum atomic E-state index is -0.472. The standard InChI is InChI=1S/C18H27BO4/c1-12-8-9-14(13(2)10-12)15(11-16(20)21-7)19-22-17(3,4)18(5,6)23-19/h8-10,15H,11H2,1-7H3. The Labute approximate surface area is 139 Å². The van der Waals surface area contributed by atoms with Crippen molar-refractivity contribution in [3.8, 4) is 0 Å². The highest BCUT2D eigenvalue weighted by atomic mass is 16.7. The van der Waals surface area contributed by atoms with E-state index < -0.39 is 18.3 Å². The van der Waals surface area contributed by atoms with Crippen molar-refractivity contribution in [1.29, 1.82) is 0 Å². The SMILES string of the molecule is COC(=O)CC(B1OC(C)(C)C(C)(C)O1)c1ccc(C)cc1C. The summed E-state index contributed by atoms with van der Waals surface area (Å²) in [4.78, 5) is 11.9. The summed E-state index contributed by atoms with van der Waals surface area (Å²) < 4.78 is 17.2. The second-order valence-electron chi connectivity index (χ2n) is 7.37. The molecule has 126 valence electrons. The maximum atomic E-state index is 11.9. The molecule has 0 N–H and O–H groups in total. The number of aryl methyl sites for hydroxylation is 2. The molecule has 0 aliphatic carbocycles. The van der Waals surface area contributed by atoms with Crippen LogP contribution in [0.25, 0.3) is 0 Å². The molecule has 1 aromatic rings. The maximum absolute atomic E-state index is 11.9. The van der Waals surface area contributed by atoms with E-state index in [1.54, 1.807) is 0 Å². The van der Waals surface area contributed by atoms with Crippen LogP contribution in [0, 0.1) is 13.8 Å². The first-order valence-electron chi connectivity index (χ1n) is 8.07. The predicted octanol–water partition coefficient (Wildman–Crippen LogP) is 3.58. The van der Waals surface area contributed by atoms with Gasteiger partial charge >= 0.3 is 13.1 Å². The number of methoxy groups -OCH3 is 1. The predicted molar refractivity (Wildman–Crippen MR) is 91.4 cm³/mol. The number of hydrogen-bond acceptors (Lipinski definition) is 4. The van der Waals surface area contributed by atoms with Gasteiger partial charge in [-0.3, -0.25) is 4.79 Å². The first-order chi connectivity index (χ1) is 10.6. The molecule has 1 fully saturated rings. The largest absolute Gasteiger partial charge is 0.469 e. The summed E-state index contributed by atoms with van der Waals surface area (Å²) in [6.45, 7) is 12.2. The molecule has 1 atom stereocenters. The summed E-state index contributed by atoms with van der Waals surface area (Å²) in [5, 5.41) is 0. The fourth-order valence-electron chi connectivity index (χ4n) is 2.91. The summed E-state index contributed by atoms with van der Waals surface area (Å²) in [6, 6.07) is 6.23. The average Bonchev–Trinajstić information content (AvgIpc) is 2.65. The first kappa shape index (κ1) is 18.0. The lowest BCUT2D eigenvalue weighted by molar-refractivity contribution is -0.140. The molecule has 4 nitrogen and oxygen atoms in total. The molecule has 0 radical (unpaired) electrons. The van der Waals surface area contributed by atoms with Crippen LogP contribution < -0.4 is 0 Å². The number of carbonyl (C=O) groups excluding carboxylic acids is 1. The third kappa shape index (κ3) is 3.61. The molecular weight excluding hydrogens is 291 g/mol. The molecule has 1 aromatic carbocycles. The van der Waals surface area contributed by atoms with Gasteiger partial charge in [0.15, 0.2) is 0 Å². The lowest BCUT2D eigenvalue weighted by Crippen LogP contribution is -2.41. The van der Waals surface area contributed by atoms with E-state index in [1.165, 1.54) is 12.7 Å². The van der Waals surface area contributed by atoms with Gasteiger partial charge in [0.1, 0.15) is 0 Å². The fourth-order valence-corrected chi connectivity index (χ4v) is 2.91. The van der Waals surface area contributed by atoms with Crippen LogP contribution in [-0.4, -0.2) is 31.4 Å². The summed E-state index contributed by atoms with van der Waals surface area (Å²) >= 11 is 0. The van der Waals surface area contributed by atoms with Crippen molar-refractivity contribution >= 4 is 13.1 Å². The van der Waals surface area contributed by atoms with Crippen molar-refractivity contribution in [2.45, 2.75) is 65.0 Å². The Hall–Kier alpha value is -1.33. The van der Waals surface area contributed by atoms with Crippen molar-refractivity contribution in [2.75, 3.05) is 7.11 Å². The second kappa shape index (κ2) is 6.29. The molecule has 1 aliphatic rings. The van der Waals surface area contributed by atoms with Gasteiger partial charge in [0.2, 0.25) is 0 Å². The summed E-state index contributed by atoms with van der Waals surface area (Å²) in [5.41, 5.74) is 2.54. The smallest absolute Gasteiger partial charge is 0.466 e. The third-order valence-corrected chi connectivity index (χ3v) is 5.04. The molecule has 1 saturated heterocycles. The number of ether oxygens (including phenoxy) is 1. The van der Waals surface area contributed by atoms with Gasteiger partial charge in [-0.25, -0.2) is 0 Å². The van der Waals surface area contributed by atoms with Crippen LogP contribution in [0.5, 0.6) is 0 Å². The summed E-state index contributed by atoms with van der Waals surface area (Å²) in [6.07, 6.45) is 0.233. The maximum Gasteiger partial charge on any atom is 0.466 e. The minimum absolute atomic E-state index is 0.191. The first-order valence-corrected chi connectivity index (χ1v) is 8.07. The van der Waals surface area contributed by atoms with Crippen LogP contribution >= 0.6 is 0 Å². The van der Waals surface area contributed by atoms with E-state index in [-0.39, 0.29) is 18.2 Å². The summed E-state index contributed by atoms with van der Waals surface area (Å²) in [7, 11) is 0.937. The molecular formula is C18H27BO4. The number of hydrogen-bond donors (Lipinski definition) is 0. The second-order valence-corrected chi connectivity index (χ2v) is 7.37. The normalized spacial score (nSPS) is 20.4. The van der Waals surface area contributed by atoms with Gasteiger partial charge in [-0.05, 0) is 52.7 Å². The highest BCUT2D eigenvalue weighted by molar-refractivity contribution is 6.48. The van der Waals surface area contributed by atoms with Gasteiger partial charge in [0.05, 0.1) is 24.7 Å². The monoisotopic (exact) mass is 318 g/mol. The third-order valence-electron chi connectivity index (χ3n) is 5.04. The highest BCUT2D eigenvalue weighted by Gasteiger charge is 2.54. The van der Waals surface area contributed by atoms with Crippen LogP contribution in [0.1, 0.15) is 56.6 Å². The Balaban J connectivity index is 2.38. The molecule has 0 spiro atoms. The highest BCUT2D eigenvalue weighted by Crippen LogP contribution is 2.42. The number of esters is 1. The topological polar surface area (TPSA) is 44.8 Å². The molecule has 1 unspecified atom stereocenters. The quantitative estimate of drug-likeness (QED) is 0.629. The van der Waals surface area contributed by atoms with Crippen molar-refractivity contribution in [3.05, 3.63) is 34.9 Å². The van der Waals surface area contributed by atoms with Gasteiger partial charge in [-0.2, -0.15) is 0 Å². The zero-order valence-electron chi connectivity index (χ0n) is 15.2. The van der Waals surface area contributed by atoms with Gasteiger partial charge in [-0.15, -0.1) is 0 Å². The van der Waals surface area contributed by atoms with E-state index in [0.29, 0.717) is 0 Å². The van der Waals surface area contributed by atoms with Gasteiger partial charge in [-0.1, -0.05) is 23.8 Å². The van der Waals surface area contributed by atoms with E-state index in [0.717, 1.165) is 11.1 Å². The Kier molecular flexibility index (Phi) is 4.93. The minimum Gasteiger partial charge on any atom is -0.469 e. The van der Waals surface area contributed by atoms with Crippen molar-refractivity contribution in [2.24, 2.45) is 0 Å². The zero-order valence-corrected chi connectivity index (χ0v) is 15.2. The van der Waals surface area contributed by atoms with Gasteiger partial charge in [0.25, 0.3) is 0 Å². The average molecular weight is 318 g/mol. The Morgan fingerprint density at radius 2 is 1.74 bits per heavy atom. The Morgan fingerprint density at radius 3 is 2.22 bits per heavy atom. The molecule has 0 bridgehead atoms. The molecule has 0 amide bonds. The Morgan fingerprint density at radius 1 is 1.17 bits per heavy atom. The molecule has 0 saturated carbocycles. The fraction of sp³-hybridized carbons (Fsp3) is 0.611. The zero-order chi connectivity index (χ0) is 17.4. The lowest BCUT2D eigenvalue weighted by Gasteiger charge is -2.32. The van der Waals surface area contributed by atoms with Crippen LogP contribution in [-0.2, 0) is 18.8 Å². The van der Waals surface area contributed by atoms with E-state index in [9.17, 15) is 4.79 Å². The molecule has 2 rings (SSSR count). The van der Waals surface area contributed by atoms with Crippen LogP contribution in [0.2, 0.25) is 0 Å². The van der Waals surface area contributed by atoms with Crippen LogP contribution in [0.3, 0.4) is 0 Å². The number of benzene rings is 1. The van der Waals surface area contributed by atoms with Crippen molar-refractivity contribution in [3.63, 3.8) is 0 Å². The Bertz CT molecular complexity index is 579. The van der Waals surface area contributed by atoms with Gasteiger partial charge in [0, 0.05) is 5.82 Å². The van der Waals surface area contributed by atoms with Crippen LogP contribution in [0.15, 0.2) is 18.2 Å². The van der Waals surface area contributed by atoms with Crippen LogP contribution in [0.4, 0.5) is 0 Å². The summed E-state index contributed by atoms with van der Waals surface area (Å²) in [5.74, 6) is -0.450. The molecule has 5 heteroatoms. The van der Waals surface area contributed by atoms with Crippen molar-refractivity contribution < 1.29 is 18.8 Å². The van der Waals surface area contributed by atoms with E-state index in [2.05, 4.69) is 32.0 Å². The van der Waals surface area contributed by atoms with E-state index in [1.807, 2.05) is 27.7 Å². The molecule has 0 aromatic heterocycles. The molecule has 1 heterocycles. The van der Waals surface area contributed by atoms with E-state index in [4.69, 9.17) is 14.0 Å². The van der Waals surface area contributed by atoms with Gasteiger partial charge < -0.3 is 14.0 Å².